The fraction of sp³-hybridized carbons (Fsp3) is 0.842. The molecular formula is C19H32O3. The maximum absolute atomic E-state index is 10.2. The SMILES string of the molecule is CCCCCCCC[C@H]1CCC[C@@H]1CCCOC#CC(=O)O. The van der Waals surface area contributed by atoms with E-state index in [0.29, 0.717) is 6.61 Å². The minimum Gasteiger partial charge on any atom is -0.472 e. The molecule has 0 aliphatic heterocycles. The molecule has 0 amide bonds. The highest BCUT2D eigenvalue weighted by Crippen LogP contribution is 2.38. The summed E-state index contributed by atoms with van der Waals surface area (Å²) in [6, 6.07) is 0. The molecule has 1 rings (SSSR count). The molecule has 2 atom stereocenters. The number of aliphatic carboxylic acids is 1. The quantitative estimate of drug-likeness (QED) is 0.432. The van der Waals surface area contributed by atoms with Crippen molar-refractivity contribution in [2.45, 2.75) is 84.0 Å². The smallest absolute Gasteiger partial charge is 0.385 e. The number of carboxylic acids is 1. The Morgan fingerprint density at radius 2 is 1.68 bits per heavy atom. The van der Waals surface area contributed by atoms with Crippen molar-refractivity contribution in [3.63, 3.8) is 0 Å². The fourth-order valence-corrected chi connectivity index (χ4v) is 3.61. The molecule has 1 N–H and O–H groups in total. The summed E-state index contributed by atoms with van der Waals surface area (Å²) >= 11 is 0. The lowest BCUT2D eigenvalue weighted by atomic mass is 9.87. The number of carbonyl (C=O) groups is 1. The zero-order chi connectivity index (χ0) is 16.0. The van der Waals surface area contributed by atoms with E-state index in [2.05, 4.69) is 13.0 Å². The van der Waals surface area contributed by atoms with Gasteiger partial charge in [0.2, 0.25) is 0 Å². The fourth-order valence-electron chi connectivity index (χ4n) is 3.61. The van der Waals surface area contributed by atoms with E-state index in [9.17, 15) is 4.79 Å². The average Bonchev–Trinajstić information content (AvgIpc) is 2.93. The Kier molecular flexibility index (Phi) is 10.6. The second-order valence-electron chi connectivity index (χ2n) is 6.53. The van der Waals surface area contributed by atoms with Crippen LogP contribution in [0.4, 0.5) is 0 Å². The number of hydrogen-bond acceptors (Lipinski definition) is 2. The molecule has 0 unspecified atom stereocenters. The maximum atomic E-state index is 10.2. The first-order valence-electron chi connectivity index (χ1n) is 9.09. The average molecular weight is 308 g/mol. The Bertz CT molecular complexity index is 353. The van der Waals surface area contributed by atoms with E-state index in [0.717, 1.165) is 18.3 Å². The molecule has 3 heteroatoms. The topological polar surface area (TPSA) is 46.5 Å². The third kappa shape index (κ3) is 8.97. The molecule has 1 aliphatic rings. The Morgan fingerprint density at radius 1 is 1.05 bits per heavy atom. The van der Waals surface area contributed by atoms with Crippen molar-refractivity contribution in [1.29, 1.82) is 0 Å². The molecule has 0 saturated heterocycles. The Morgan fingerprint density at radius 3 is 2.36 bits per heavy atom. The molecule has 0 aromatic carbocycles. The zero-order valence-electron chi connectivity index (χ0n) is 14.1. The Balaban J connectivity index is 2.05. The molecule has 0 heterocycles. The van der Waals surface area contributed by atoms with Gasteiger partial charge in [0.1, 0.15) is 12.7 Å². The van der Waals surface area contributed by atoms with Gasteiger partial charge in [0, 0.05) is 0 Å². The highest BCUT2D eigenvalue weighted by atomic mass is 16.5. The number of unbranched alkanes of at least 4 members (excludes halogenated alkanes) is 5. The number of hydrogen-bond donors (Lipinski definition) is 1. The molecule has 22 heavy (non-hydrogen) atoms. The van der Waals surface area contributed by atoms with Crippen LogP contribution in [0.2, 0.25) is 0 Å². The summed E-state index contributed by atoms with van der Waals surface area (Å²) in [6.45, 7) is 2.82. The van der Waals surface area contributed by atoms with Gasteiger partial charge in [-0.1, -0.05) is 71.1 Å². The molecule has 0 radical (unpaired) electrons. The van der Waals surface area contributed by atoms with Gasteiger partial charge in [-0.2, -0.15) is 0 Å². The van der Waals surface area contributed by atoms with Crippen molar-refractivity contribution in [2.24, 2.45) is 11.8 Å². The molecule has 126 valence electrons. The lowest BCUT2D eigenvalue weighted by Crippen LogP contribution is -2.09. The molecule has 3 nitrogen and oxygen atoms in total. The monoisotopic (exact) mass is 308 g/mol. The Labute approximate surface area is 135 Å². The van der Waals surface area contributed by atoms with Gasteiger partial charge in [0.15, 0.2) is 0 Å². The van der Waals surface area contributed by atoms with Crippen LogP contribution in [0, 0.1) is 23.9 Å². The second kappa shape index (κ2) is 12.4. The van der Waals surface area contributed by atoms with Crippen molar-refractivity contribution in [1.82, 2.24) is 0 Å². The minimum atomic E-state index is -1.13. The van der Waals surface area contributed by atoms with Gasteiger partial charge in [-0.15, -0.1) is 0 Å². The summed E-state index contributed by atoms with van der Waals surface area (Å²) in [5.74, 6) is 2.61. The molecule has 0 bridgehead atoms. The predicted molar refractivity (Wildman–Crippen MR) is 89.4 cm³/mol. The maximum Gasteiger partial charge on any atom is 0.385 e. The van der Waals surface area contributed by atoms with Crippen LogP contribution in [0.3, 0.4) is 0 Å². The summed E-state index contributed by atoms with van der Waals surface area (Å²) in [5.41, 5.74) is 0. The standard InChI is InChI=1S/C19H32O3/c1-2-3-4-5-6-7-10-17-11-8-12-18(17)13-9-15-22-16-14-19(20)21/h17-18H,2-13,15H2,1H3,(H,20,21)/t17-,18+/m0/s1. The minimum absolute atomic E-state index is 0.556. The van der Waals surface area contributed by atoms with Crippen LogP contribution in [-0.2, 0) is 9.53 Å². The summed E-state index contributed by atoms with van der Waals surface area (Å²) in [7, 11) is 0. The highest BCUT2D eigenvalue weighted by molar-refractivity contribution is 5.86. The van der Waals surface area contributed by atoms with E-state index < -0.39 is 5.97 Å². The first-order chi connectivity index (χ1) is 10.7. The van der Waals surface area contributed by atoms with Crippen LogP contribution in [0.25, 0.3) is 0 Å². The molecule has 1 aliphatic carbocycles. The van der Waals surface area contributed by atoms with Crippen molar-refractivity contribution in [2.75, 3.05) is 6.61 Å². The summed E-state index contributed by atoms with van der Waals surface area (Å²) in [4.78, 5) is 10.2. The molecule has 0 spiro atoms. The van der Waals surface area contributed by atoms with Crippen molar-refractivity contribution in [3.8, 4) is 12.0 Å². The van der Waals surface area contributed by atoms with Crippen molar-refractivity contribution < 1.29 is 14.6 Å². The second-order valence-corrected chi connectivity index (χ2v) is 6.53. The first kappa shape index (κ1) is 18.9. The van der Waals surface area contributed by atoms with E-state index in [1.54, 1.807) is 0 Å². The van der Waals surface area contributed by atoms with Gasteiger partial charge in [-0.05, 0) is 24.7 Å². The van der Waals surface area contributed by atoms with Crippen LogP contribution < -0.4 is 0 Å². The molecule has 1 fully saturated rings. The van der Waals surface area contributed by atoms with E-state index >= 15 is 0 Å². The van der Waals surface area contributed by atoms with Crippen molar-refractivity contribution >= 4 is 5.97 Å². The normalized spacial score (nSPS) is 20.4. The van der Waals surface area contributed by atoms with E-state index in [-0.39, 0.29) is 0 Å². The van der Waals surface area contributed by atoms with E-state index in [1.165, 1.54) is 70.6 Å². The first-order valence-corrected chi connectivity index (χ1v) is 9.09. The molecule has 0 aromatic heterocycles. The number of ether oxygens (including phenoxy) is 1. The van der Waals surface area contributed by atoms with Crippen molar-refractivity contribution in [3.05, 3.63) is 0 Å². The van der Waals surface area contributed by atoms with Crippen LogP contribution in [0.5, 0.6) is 0 Å². The Hall–Kier alpha value is -1.17. The zero-order valence-corrected chi connectivity index (χ0v) is 14.1. The number of carboxylic acid groups (broad SMARTS) is 1. The predicted octanol–water partition coefficient (Wildman–Crippen LogP) is 5.00. The van der Waals surface area contributed by atoms with Gasteiger partial charge in [0.25, 0.3) is 0 Å². The summed E-state index contributed by atoms with van der Waals surface area (Å²) in [5, 5.41) is 8.37. The van der Waals surface area contributed by atoms with E-state index in [1.807, 2.05) is 5.92 Å². The van der Waals surface area contributed by atoms with Gasteiger partial charge < -0.3 is 9.84 Å². The van der Waals surface area contributed by atoms with Gasteiger partial charge in [-0.3, -0.25) is 0 Å². The van der Waals surface area contributed by atoms with Crippen LogP contribution >= 0.6 is 0 Å². The van der Waals surface area contributed by atoms with Gasteiger partial charge in [-0.25, -0.2) is 4.79 Å². The lowest BCUT2D eigenvalue weighted by Gasteiger charge is -2.19. The summed E-state index contributed by atoms with van der Waals surface area (Å²) in [6.07, 6.45) is 18.3. The third-order valence-corrected chi connectivity index (χ3v) is 4.80. The van der Waals surface area contributed by atoms with Crippen LogP contribution in [-0.4, -0.2) is 17.7 Å². The van der Waals surface area contributed by atoms with Gasteiger partial charge >= 0.3 is 5.97 Å². The molecule has 1 saturated carbocycles. The van der Waals surface area contributed by atoms with Crippen LogP contribution in [0.15, 0.2) is 0 Å². The lowest BCUT2D eigenvalue weighted by molar-refractivity contribution is -0.130. The molecule has 0 aromatic rings. The third-order valence-electron chi connectivity index (χ3n) is 4.80. The largest absolute Gasteiger partial charge is 0.472 e. The highest BCUT2D eigenvalue weighted by Gasteiger charge is 2.25. The van der Waals surface area contributed by atoms with Crippen LogP contribution in [0.1, 0.15) is 84.0 Å². The van der Waals surface area contributed by atoms with E-state index in [4.69, 9.17) is 9.84 Å². The summed E-state index contributed by atoms with van der Waals surface area (Å²) < 4.78 is 5.03. The van der Waals surface area contributed by atoms with Gasteiger partial charge in [0.05, 0.1) is 5.92 Å². The molecular weight excluding hydrogens is 276 g/mol. The number of rotatable bonds is 11.